The summed E-state index contributed by atoms with van der Waals surface area (Å²) in [7, 11) is 0. The molecule has 0 aliphatic carbocycles. The Balaban J connectivity index is 1.21. The normalized spacial score (nSPS) is 11.9. The van der Waals surface area contributed by atoms with Crippen molar-refractivity contribution in [1.82, 2.24) is 0 Å². The molecule has 0 fully saturated rings. The lowest BCUT2D eigenvalue weighted by atomic mass is 9.79. The summed E-state index contributed by atoms with van der Waals surface area (Å²) in [5.74, 6) is 0. The summed E-state index contributed by atoms with van der Waals surface area (Å²) in [4.78, 5) is 0. The molecule has 0 heteroatoms. The van der Waals surface area contributed by atoms with E-state index >= 15 is 0 Å². The molecule has 0 unspecified atom stereocenters. The molecular weight excluding hydrogens is 865 g/mol. The Labute approximate surface area is 417 Å². The van der Waals surface area contributed by atoms with Crippen LogP contribution >= 0.6 is 0 Å². The van der Waals surface area contributed by atoms with Crippen LogP contribution in [0.1, 0.15) is 0 Å². The zero-order valence-electron chi connectivity index (χ0n) is 39.4. The second-order valence-electron chi connectivity index (χ2n) is 19.4. The second-order valence-corrected chi connectivity index (χ2v) is 19.4. The second kappa shape index (κ2) is 16.1. The monoisotopic (exact) mass is 908 g/mol. The third-order valence-electron chi connectivity index (χ3n) is 15.5. The highest BCUT2D eigenvalue weighted by Crippen LogP contribution is 2.53. The van der Waals surface area contributed by atoms with E-state index in [1.165, 1.54) is 153 Å². The third kappa shape index (κ3) is 6.19. The maximum absolute atomic E-state index is 2.58. The van der Waals surface area contributed by atoms with Crippen molar-refractivity contribution in [3.8, 4) is 55.6 Å². The van der Waals surface area contributed by atoms with Crippen LogP contribution in [0.3, 0.4) is 0 Å². The number of hydrogen-bond acceptors (Lipinski definition) is 0. The van der Waals surface area contributed by atoms with Gasteiger partial charge in [-0.25, -0.2) is 0 Å². The molecule has 72 heavy (non-hydrogen) atoms. The summed E-state index contributed by atoms with van der Waals surface area (Å²) < 4.78 is 0. The molecule has 0 aliphatic heterocycles. The maximum atomic E-state index is 2.58. The fraction of sp³-hybridized carbons (Fsp3) is 0. The number of hydrogen-bond donors (Lipinski definition) is 0. The van der Waals surface area contributed by atoms with E-state index in [4.69, 9.17) is 0 Å². The Morgan fingerprint density at radius 1 is 0.139 bits per heavy atom. The summed E-state index contributed by atoms with van der Waals surface area (Å²) in [5.41, 5.74) is 12.3. The van der Waals surface area contributed by atoms with E-state index in [1.54, 1.807) is 0 Å². The first-order chi connectivity index (χ1) is 35.7. The molecule has 0 spiro atoms. The van der Waals surface area contributed by atoms with Crippen LogP contribution in [-0.4, -0.2) is 0 Å². The van der Waals surface area contributed by atoms with Crippen LogP contribution in [0.15, 0.2) is 267 Å². The Kier molecular flexibility index (Phi) is 9.06. The fourth-order valence-corrected chi connectivity index (χ4v) is 12.4. The Morgan fingerprint density at radius 2 is 0.528 bits per heavy atom. The van der Waals surface area contributed by atoms with E-state index in [0.717, 1.165) is 0 Å². The summed E-state index contributed by atoms with van der Waals surface area (Å²) in [6, 6.07) is 100. The van der Waals surface area contributed by atoms with Crippen molar-refractivity contribution in [3.05, 3.63) is 267 Å². The van der Waals surface area contributed by atoms with Gasteiger partial charge in [-0.2, -0.15) is 0 Å². The molecule has 332 valence electrons. The van der Waals surface area contributed by atoms with Gasteiger partial charge in [-0.15, -0.1) is 0 Å². The van der Waals surface area contributed by atoms with E-state index < -0.39 is 0 Å². The van der Waals surface area contributed by atoms with Crippen LogP contribution in [0.5, 0.6) is 0 Å². The van der Waals surface area contributed by atoms with E-state index in [2.05, 4.69) is 267 Å². The van der Waals surface area contributed by atoms with Crippen molar-refractivity contribution in [3.63, 3.8) is 0 Å². The van der Waals surface area contributed by atoms with Crippen molar-refractivity contribution in [2.75, 3.05) is 0 Å². The van der Waals surface area contributed by atoms with Gasteiger partial charge in [0.2, 0.25) is 0 Å². The van der Waals surface area contributed by atoms with Gasteiger partial charge in [0.15, 0.2) is 0 Å². The SMILES string of the molecule is c1ccc(-c2ccc3c(-c4cc5ccccc5c5ccccc45)c4cc5c(-c6ccccc6)c(-c6ccc7ccccc7c6)c6ccccc6c5cc4c(-c4cc5ccccc5c5ccccc45)c3c2)cc1. The van der Waals surface area contributed by atoms with Crippen LogP contribution in [0.25, 0.3) is 153 Å². The largest absolute Gasteiger partial charge is 0.0622 e. The molecule has 0 N–H and O–H groups in total. The summed E-state index contributed by atoms with van der Waals surface area (Å²) in [6.45, 7) is 0. The molecule has 0 saturated heterocycles. The maximum Gasteiger partial charge on any atom is -0.00195 e. The van der Waals surface area contributed by atoms with Crippen molar-refractivity contribution >= 4 is 97.0 Å². The van der Waals surface area contributed by atoms with E-state index in [9.17, 15) is 0 Å². The van der Waals surface area contributed by atoms with Gasteiger partial charge < -0.3 is 0 Å². The minimum atomic E-state index is 1.20. The molecule has 0 aromatic heterocycles. The third-order valence-corrected chi connectivity index (χ3v) is 15.5. The van der Waals surface area contributed by atoms with Crippen molar-refractivity contribution < 1.29 is 0 Å². The average molecular weight is 909 g/mol. The van der Waals surface area contributed by atoms with Crippen LogP contribution in [0.2, 0.25) is 0 Å². The number of benzene rings is 15. The highest BCUT2D eigenvalue weighted by atomic mass is 14.3. The molecule has 15 aromatic carbocycles. The lowest BCUT2D eigenvalue weighted by Crippen LogP contribution is -1.96. The first-order valence-electron chi connectivity index (χ1n) is 25.1. The number of rotatable bonds is 5. The zero-order valence-corrected chi connectivity index (χ0v) is 39.4. The molecular formula is C72H44. The van der Waals surface area contributed by atoms with Crippen LogP contribution in [0.4, 0.5) is 0 Å². The van der Waals surface area contributed by atoms with Gasteiger partial charge in [0.1, 0.15) is 0 Å². The molecule has 0 heterocycles. The van der Waals surface area contributed by atoms with Crippen LogP contribution < -0.4 is 0 Å². The van der Waals surface area contributed by atoms with E-state index in [1.807, 2.05) is 0 Å². The Hall–Kier alpha value is -9.36. The minimum Gasteiger partial charge on any atom is -0.0622 e. The molecule has 0 nitrogen and oxygen atoms in total. The quantitative estimate of drug-likeness (QED) is 0.119. The van der Waals surface area contributed by atoms with Gasteiger partial charge >= 0.3 is 0 Å². The molecule has 0 bridgehead atoms. The molecule has 15 rings (SSSR count). The predicted molar refractivity (Wildman–Crippen MR) is 311 cm³/mol. The van der Waals surface area contributed by atoms with Gasteiger partial charge in [-0.05, 0) is 189 Å². The van der Waals surface area contributed by atoms with Gasteiger partial charge in [0.25, 0.3) is 0 Å². The summed E-state index contributed by atoms with van der Waals surface area (Å²) in [6.07, 6.45) is 0. The molecule has 0 saturated carbocycles. The van der Waals surface area contributed by atoms with Crippen molar-refractivity contribution in [1.29, 1.82) is 0 Å². The van der Waals surface area contributed by atoms with E-state index in [0.29, 0.717) is 0 Å². The number of fused-ring (bicyclic) bond motifs is 12. The fourth-order valence-electron chi connectivity index (χ4n) is 12.4. The molecule has 0 radical (unpaired) electrons. The summed E-state index contributed by atoms with van der Waals surface area (Å²) >= 11 is 0. The van der Waals surface area contributed by atoms with E-state index in [-0.39, 0.29) is 0 Å². The smallest absolute Gasteiger partial charge is 0.00195 e. The average Bonchev–Trinajstić information content (AvgIpc) is 3.45. The zero-order chi connectivity index (χ0) is 47.3. The van der Waals surface area contributed by atoms with Crippen molar-refractivity contribution in [2.45, 2.75) is 0 Å². The van der Waals surface area contributed by atoms with Crippen LogP contribution in [0, 0.1) is 0 Å². The highest BCUT2D eigenvalue weighted by molar-refractivity contribution is 6.33. The topological polar surface area (TPSA) is 0 Å². The van der Waals surface area contributed by atoms with Gasteiger partial charge in [0.05, 0.1) is 0 Å². The molecule has 0 amide bonds. The molecule has 0 aliphatic rings. The summed E-state index contributed by atoms with van der Waals surface area (Å²) in [5, 5.41) is 22.3. The predicted octanol–water partition coefficient (Wildman–Crippen LogP) is 20.4. The Bertz CT molecular complexity index is 4720. The standard InChI is InChI=1S/C72H44/c1-3-19-45(20-4-1)49-37-38-61-65(40-49)72(64-42-51-26-10-12-28-54(51)56-30-14-16-32-58(56)64)67-43-62-59-33-17-18-34-60(59)70(52-36-35-46-21-7-8-24-48(46)39-52)69(47-22-5-2-6-23-47)66(62)44-68(67)71(61)63-41-50-25-9-11-27-53(50)55-29-13-15-31-57(55)63/h1-44H. The molecule has 15 aromatic rings. The van der Waals surface area contributed by atoms with Gasteiger partial charge in [0, 0.05) is 0 Å². The highest BCUT2D eigenvalue weighted by Gasteiger charge is 2.25. The Morgan fingerprint density at radius 3 is 1.14 bits per heavy atom. The minimum absolute atomic E-state index is 1.20. The van der Waals surface area contributed by atoms with Crippen molar-refractivity contribution in [2.24, 2.45) is 0 Å². The molecule has 0 atom stereocenters. The van der Waals surface area contributed by atoms with Crippen LogP contribution in [-0.2, 0) is 0 Å². The first kappa shape index (κ1) is 40.5. The van der Waals surface area contributed by atoms with Gasteiger partial charge in [-0.1, -0.05) is 231 Å². The lowest BCUT2D eigenvalue weighted by molar-refractivity contribution is 1.64. The first-order valence-corrected chi connectivity index (χ1v) is 25.1. The van der Waals surface area contributed by atoms with Gasteiger partial charge in [-0.3, -0.25) is 0 Å². The lowest BCUT2D eigenvalue weighted by Gasteiger charge is -2.24.